The maximum Gasteiger partial charge on any atom is 0.103 e. The largest absolute Gasteiger partial charge is 0.386 e. The molecule has 1 saturated carbocycles. The Morgan fingerprint density at radius 3 is 2.69 bits per heavy atom. The zero-order chi connectivity index (χ0) is 11.4. The lowest BCUT2D eigenvalue weighted by Gasteiger charge is -2.17. The number of rotatable bonds is 4. The Labute approximate surface area is 97.3 Å². The third-order valence-electron chi connectivity index (χ3n) is 3.34. The van der Waals surface area contributed by atoms with E-state index in [4.69, 9.17) is 4.74 Å². The Bertz CT molecular complexity index is 329. The molecule has 0 aliphatic heterocycles. The first-order valence-corrected chi connectivity index (χ1v) is 6.12. The Balaban J connectivity index is 1.87. The summed E-state index contributed by atoms with van der Waals surface area (Å²) >= 11 is 0. The van der Waals surface area contributed by atoms with Crippen LogP contribution in [0.15, 0.2) is 24.3 Å². The second-order valence-corrected chi connectivity index (χ2v) is 4.61. The van der Waals surface area contributed by atoms with Crippen LogP contribution in [0, 0.1) is 6.92 Å². The number of hydrogen-bond acceptors (Lipinski definition) is 2. The zero-order valence-electron chi connectivity index (χ0n) is 9.86. The van der Waals surface area contributed by atoms with Gasteiger partial charge in [-0.25, -0.2) is 0 Å². The van der Waals surface area contributed by atoms with E-state index in [1.165, 1.54) is 12.8 Å². The van der Waals surface area contributed by atoms with E-state index < -0.39 is 6.10 Å². The van der Waals surface area contributed by atoms with Gasteiger partial charge in [-0.05, 0) is 30.9 Å². The van der Waals surface area contributed by atoms with E-state index in [0.717, 1.165) is 24.0 Å². The highest BCUT2D eigenvalue weighted by atomic mass is 16.5. The molecule has 0 bridgehead atoms. The number of aliphatic hydroxyl groups excluding tert-OH is 1. The fraction of sp³-hybridized carbons (Fsp3) is 0.571. The lowest BCUT2D eigenvalue weighted by atomic mass is 10.0. The minimum absolute atomic E-state index is 0.374. The average molecular weight is 220 g/mol. The highest BCUT2D eigenvalue weighted by molar-refractivity contribution is 5.27. The SMILES string of the molecule is Cc1ccccc1C(O)COC1CCCC1. The Morgan fingerprint density at radius 1 is 1.31 bits per heavy atom. The summed E-state index contributed by atoms with van der Waals surface area (Å²) in [5.41, 5.74) is 2.12. The van der Waals surface area contributed by atoms with E-state index in [2.05, 4.69) is 0 Å². The first kappa shape index (κ1) is 11.6. The van der Waals surface area contributed by atoms with Crippen LogP contribution in [0.1, 0.15) is 42.9 Å². The fourth-order valence-corrected chi connectivity index (χ4v) is 2.33. The van der Waals surface area contributed by atoms with Crippen molar-refractivity contribution in [2.24, 2.45) is 0 Å². The van der Waals surface area contributed by atoms with Gasteiger partial charge in [0.2, 0.25) is 0 Å². The van der Waals surface area contributed by atoms with Crippen molar-refractivity contribution in [3.8, 4) is 0 Å². The maximum atomic E-state index is 10.0. The molecule has 1 atom stereocenters. The van der Waals surface area contributed by atoms with Crippen LogP contribution in [0.25, 0.3) is 0 Å². The molecule has 0 heterocycles. The van der Waals surface area contributed by atoms with Crippen molar-refractivity contribution in [1.82, 2.24) is 0 Å². The molecule has 1 fully saturated rings. The van der Waals surface area contributed by atoms with Crippen LogP contribution in [0.5, 0.6) is 0 Å². The van der Waals surface area contributed by atoms with E-state index in [1.807, 2.05) is 31.2 Å². The summed E-state index contributed by atoms with van der Waals surface area (Å²) < 4.78 is 5.72. The number of hydrogen-bond donors (Lipinski definition) is 1. The number of benzene rings is 1. The Kier molecular flexibility index (Phi) is 3.97. The van der Waals surface area contributed by atoms with Gasteiger partial charge in [0.25, 0.3) is 0 Å². The average Bonchev–Trinajstić information content (AvgIpc) is 2.79. The second-order valence-electron chi connectivity index (χ2n) is 4.61. The van der Waals surface area contributed by atoms with Crippen molar-refractivity contribution in [3.63, 3.8) is 0 Å². The predicted molar refractivity (Wildman–Crippen MR) is 64.3 cm³/mol. The first-order chi connectivity index (χ1) is 7.77. The van der Waals surface area contributed by atoms with Crippen LogP contribution in [0.4, 0.5) is 0 Å². The zero-order valence-corrected chi connectivity index (χ0v) is 9.86. The van der Waals surface area contributed by atoms with Crippen LogP contribution in [0.2, 0.25) is 0 Å². The van der Waals surface area contributed by atoms with Gasteiger partial charge in [-0.1, -0.05) is 37.1 Å². The molecule has 0 amide bonds. The molecule has 2 heteroatoms. The van der Waals surface area contributed by atoms with Gasteiger partial charge < -0.3 is 9.84 Å². The van der Waals surface area contributed by atoms with Gasteiger partial charge in [-0.15, -0.1) is 0 Å². The van der Waals surface area contributed by atoms with Crippen molar-refractivity contribution >= 4 is 0 Å². The summed E-state index contributed by atoms with van der Waals surface area (Å²) in [5.74, 6) is 0. The minimum Gasteiger partial charge on any atom is -0.386 e. The molecule has 1 aromatic carbocycles. The molecule has 1 N–H and O–H groups in total. The summed E-state index contributed by atoms with van der Waals surface area (Å²) in [6.45, 7) is 2.45. The standard InChI is InChI=1S/C14H20O2/c1-11-6-2-5-9-13(11)14(15)10-16-12-7-3-4-8-12/h2,5-6,9,12,14-15H,3-4,7-8,10H2,1H3. The van der Waals surface area contributed by atoms with Crippen LogP contribution >= 0.6 is 0 Å². The molecule has 1 aliphatic carbocycles. The van der Waals surface area contributed by atoms with Crippen LogP contribution in [-0.2, 0) is 4.74 Å². The Hall–Kier alpha value is -0.860. The maximum absolute atomic E-state index is 10.0. The number of aryl methyl sites for hydroxylation is 1. The van der Waals surface area contributed by atoms with Crippen LogP contribution in [-0.4, -0.2) is 17.8 Å². The normalized spacial score (nSPS) is 18.9. The summed E-state index contributed by atoms with van der Waals surface area (Å²) in [4.78, 5) is 0. The van der Waals surface area contributed by atoms with Gasteiger partial charge in [0.1, 0.15) is 6.10 Å². The van der Waals surface area contributed by atoms with Gasteiger partial charge in [-0.3, -0.25) is 0 Å². The highest BCUT2D eigenvalue weighted by Gasteiger charge is 2.18. The summed E-state index contributed by atoms with van der Waals surface area (Å²) in [5, 5.41) is 10.0. The monoisotopic (exact) mass is 220 g/mol. The van der Waals surface area contributed by atoms with Crippen LogP contribution in [0.3, 0.4) is 0 Å². The molecular formula is C14H20O2. The van der Waals surface area contributed by atoms with Crippen molar-refractivity contribution in [1.29, 1.82) is 0 Å². The molecular weight excluding hydrogens is 200 g/mol. The summed E-state index contributed by atoms with van der Waals surface area (Å²) in [6.07, 6.45) is 4.73. The lowest BCUT2D eigenvalue weighted by Crippen LogP contribution is -2.15. The molecule has 0 spiro atoms. The molecule has 0 aromatic heterocycles. The molecule has 88 valence electrons. The van der Waals surface area contributed by atoms with E-state index in [1.54, 1.807) is 0 Å². The van der Waals surface area contributed by atoms with E-state index >= 15 is 0 Å². The molecule has 0 radical (unpaired) electrons. The van der Waals surface area contributed by atoms with Gasteiger partial charge in [0.05, 0.1) is 12.7 Å². The second kappa shape index (κ2) is 5.46. The van der Waals surface area contributed by atoms with Gasteiger partial charge in [-0.2, -0.15) is 0 Å². The van der Waals surface area contributed by atoms with Crippen molar-refractivity contribution in [2.75, 3.05) is 6.61 Å². The Morgan fingerprint density at radius 2 is 2.00 bits per heavy atom. The summed E-state index contributed by atoms with van der Waals surface area (Å²) in [7, 11) is 0. The van der Waals surface area contributed by atoms with E-state index in [9.17, 15) is 5.11 Å². The van der Waals surface area contributed by atoms with Gasteiger partial charge in [0, 0.05) is 0 Å². The van der Waals surface area contributed by atoms with Crippen molar-refractivity contribution in [2.45, 2.75) is 44.8 Å². The van der Waals surface area contributed by atoms with E-state index in [-0.39, 0.29) is 0 Å². The molecule has 2 rings (SSSR count). The third kappa shape index (κ3) is 2.83. The molecule has 1 aromatic rings. The minimum atomic E-state index is -0.484. The first-order valence-electron chi connectivity index (χ1n) is 6.12. The van der Waals surface area contributed by atoms with Crippen LogP contribution < -0.4 is 0 Å². The van der Waals surface area contributed by atoms with Gasteiger partial charge in [0.15, 0.2) is 0 Å². The highest BCUT2D eigenvalue weighted by Crippen LogP contribution is 2.23. The molecule has 0 saturated heterocycles. The molecule has 1 unspecified atom stereocenters. The number of aliphatic hydroxyl groups is 1. The van der Waals surface area contributed by atoms with Gasteiger partial charge >= 0.3 is 0 Å². The van der Waals surface area contributed by atoms with Crippen molar-refractivity contribution < 1.29 is 9.84 Å². The fourth-order valence-electron chi connectivity index (χ4n) is 2.33. The van der Waals surface area contributed by atoms with Crippen molar-refractivity contribution in [3.05, 3.63) is 35.4 Å². The molecule has 1 aliphatic rings. The topological polar surface area (TPSA) is 29.5 Å². The lowest BCUT2D eigenvalue weighted by molar-refractivity contribution is -0.00719. The smallest absolute Gasteiger partial charge is 0.103 e. The quantitative estimate of drug-likeness (QED) is 0.845. The molecule has 16 heavy (non-hydrogen) atoms. The summed E-state index contributed by atoms with van der Waals surface area (Å²) in [6, 6.07) is 7.94. The predicted octanol–water partition coefficient (Wildman–Crippen LogP) is 2.99. The van der Waals surface area contributed by atoms with E-state index in [0.29, 0.717) is 12.7 Å². The third-order valence-corrected chi connectivity index (χ3v) is 3.34. The number of ether oxygens (including phenoxy) is 1. The molecule has 2 nitrogen and oxygen atoms in total.